The van der Waals surface area contributed by atoms with E-state index in [0.717, 1.165) is 32.2 Å². The van der Waals surface area contributed by atoms with Crippen LogP contribution in [-0.2, 0) is 4.74 Å². The lowest BCUT2D eigenvalue weighted by atomic mass is 9.77. The zero-order chi connectivity index (χ0) is 12.6. The summed E-state index contributed by atoms with van der Waals surface area (Å²) in [4.78, 5) is 0. The summed E-state index contributed by atoms with van der Waals surface area (Å²) in [6.07, 6.45) is 7.87. The van der Waals surface area contributed by atoms with Gasteiger partial charge in [0.25, 0.3) is 0 Å². The highest BCUT2D eigenvalue weighted by molar-refractivity contribution is 4.84. The summed E-state index contributed by atoms with van der Waals surface area (Å²) in [6.45, 7) is 11.1. The Morgan fingerprint density at radius 1 is 1.35 bits per heavy atom. The van der Waals surface area contributed by atoms with E-state index in [1.54, 1.807) is 0 Å². The zero-order valence-corrected chi connectivity index (χ0v) is 12.1. The molecule has 1 saturated heterocycles. The lowest BCUT2D eigenvalue weighted by molar-refractivity contribution is -0.0135. The van der Waals surface area contributed by atoms with Crippen LogP contribution in [-0.4, -0.2) is 26.3 Å². The fourth-order valence-corrected chi connectivity index (χ4v) is 2.75. The first-order valence-electron chi connectivity index (χ1n) is 7.47. The number of rotatable bonds is 8. The van der Waals surface area contributed by atoms with Gasteiger partial charge in [-0.3, -0.25) is 0 Å². The van der Waals surface area contributed by atoms with E-state index >= 15 is 0 Å². The highest BCUT2D eigenvalue weighted by Gasteiger charge is 2.31. The van der Waals surface area contributed by atoms with Gasteiger partial charge in [0.05, 0.1) is 6.61 Å². The Morgan fingerprint density at radius 3 is 2.76 bits per heavy atom. The predicted octanol–water partition coefficient (Wildman–Crippen LogP) is 3.61. The van der Waals surface area contributed by atoms with E-state index in [0.29, 0.717) is 5.41 Å². The highest BCUT2D eigenvalue weighted by atomic mass is 16.5. The number of hydrogen-bond donors (Lipinski definition) is 1. The minimum absolute atomic E-state index is 0.433. The Balaban J connectivity index is 2.34. The van der Waals surface area contributed by atoms with Crippen molar-refractivity contribution < 1.29 is 4.74 Å². The quantitative estimate of drug-likeness (QED) is 0.656. The topological polar surface area (TPSA) is 21.3 Å². The first-order valence-corrected chi connectivity index (χ1v) is 7.47. The molecule has 0 radical (unpaired) electrons. The van der Waals surface area contributed by atoms with Crippen LogP contribution in [0.3, 0.4) is 0 Å². The Hall–Kier alpha value is -0.0800. The number of nitrogens with one attached hydrogen (secondary N) is 1. The monoisotopic (exact) mass is 241 g/mol. The molecule has 0 amide bonds. The van der Waals surface area contributed by atoms with Crippen LogP contribution in [0.5, 0.6) is 0 Å². The Bertz CT molecular complexity index is 185. The molecule has 0 aliphatic carbocycles. The number of ether oxygens (including phenoxy) is 1. The van der Waals surface area contributed by atoms with Crippen LogP contribution in [0.4, 0.5) is 0 Å². The first kappa shape index (κ1) is 15.0. The molecular formula is C15H31NO. The third-order valence-corrected chi connectivity index (χ3v) is 3.82. The summed E-state index contributed by atoms with van der Waals surface area (Å²) in [5.74, 6) is 0.833. The van der Waals surface area contributed by atoms with Crippen molar-refractivity contribution in [1.82, 2.24) is 5.32 Å². The van der Waals surface area contributed by atoms with E-state index in [2.05, 4.69) is 26.1 Å². The highest BCUT2D eigenvalue weighted by Crippen LogP contribution is 2.34. The summed E-state index contributed by atoms with van der Waals surface area (Å²) >= 11 is 0. The van der Waals surface area contributed by atoms with Crippen molar-refractivity contribution in [1.29, 1.82) is 0 Å². The van der Waals surface area contributed by atoms with E-state index < -0.39 is 0 Å². The summed E-state index contributed by atoms with van der Waals surface area (Å²) in [5.41, 5.74) is 0.433. The first-order chi connectivity index (χ1) is 8.18. The average Bonchev–Trinajstić information content (AvgIpc) is 2.30. The van der Waals surface area contributed by atoms with Crippen molar-refractivity contribution in [3.8, 4) is 0 Å². The molecule has 17 heavy (non-hydrogen) atoms. The molecule has 1 rings (SSSR count). The predicted molar refractivity (Wildman–Crippen MR) is 74.3 cm³/mol. The van der Waals surface area contributed by atoms with Crippen molar-refractivity contribution in [2.45, 2.75) is 59.3 Å². The molecule has 2 nitrogen and oxygen atoms in total. The van der Waals surface area contributed by atoms with Crippen LogP contribution in [0, 0.1) is 11.3 Å². The van der Waals surface area contributed by atoms with Gasteiger partial charge in [0, 0.05) is 18.6 Å². The minimum atomic E-state index is 0.433. The molecule has 1 atom stereocenters. The van der Waals surface area contributed by atoms with Crippen molar-refractivity contribution in [3.05, 3.63) is 0 Å². The normalized spacial score (nSPS) is 25.4. The van der Waals surface area contributed by atoms with Crippen LogP contribution in [0.1, 0.15) is 59.3 Å². The average molecular weight is 241 g/mol. The standard InChI is InChI=1S/C15H31NO/c1-4-10-16-12-15(8-5-7-14(2)3)9-6-11-17-13-15/h14,16H,4-13H2,1-3H3. The van der Waals surface area contributed by atoms with Gasteiger partial charge in [-0.15, -0.1) is 0 Å². The lowest BCUT2D eigenvalue weighted by Crippen LogP contribution is -2.41. The maximum Gasteiger partial charge on any atom is 0.0534 e. The maximum absolute atomic E-state index is 5.73. The molecule has 0 aromatic carbocycles. The largest absolute Gasteiger partial charge is 0.381 e. The SMILES string of the molecule is CCCNCC1(CCCC(C)C)CCCOC1. The number of hydrogen-bond acceptors (Lipinski definition) is 2. The van der Waals surface area contributed by atoms with Crippen LogP contribution in [0.2, 0.25) is 0 Å². The fourth-order valence-electron chi connectivity index (χ4n) is 2.75. The Morgan fingerprint density at radius 2 is 2.18 bits per heavy atom. The molecule has 0 aromatic rings. The molecule has 1 aliphatic rings. The van der Waals surface area contributed by atoms with Crippen LogP contribution in [0.25, 0.3) is 0 Å². The molecule has 0 aromatic heterocycles. The molecular weight excluding hydrogens is 210 g/mol. The summed E-state index contributed by atoms with van der Waals surface area (Å²) < 4.78 is 5.73. The second-order valence-electron chi connectivity index (χ2n) is 6.12. The third kappa shape index (κ3) is 5.87. The molecule has 1 unspecified atom stereocenters. The second kappa shape index (κ2) is 8.10. The van der Waals surface area contributed by atoms with Gasteiger partial charge < -0.3 is 10.1 Å². The van der Waals surface area contributed by atoms with E-state index in [1.165, 1.54) is 38.5 Å². The fraction of sp³-hybridized carbons (Fsp3) is 1.00. The van der Waals surface area contributed by atoms with Gasteiger partial charge in [-0.25, -0.2) is 0 Å². The lowest BCUT2D eigenvalue weighted by Gasteiger charge is -2.37. The molecule has 2 heteroatoms. The van der Waals surface area contributed by atoms with Crippen molar-refractivity contribution in [3.63, 3.8) is 0 Å². The van der Waals surface area contributed by atoms with Crippen LogP contribution < -0.4 is 5.32 Å². The minimum Gasteiger partial charge on any atom is -0.381 e. The Labute approximate surface area is 108 Å². The van der Waals surface area contributed by atoms with E-state index in [1.807, 2.05) is 0 Å². The van der Waals surface area contributed by atoms with Gasteiger partial charge in [0.15, 0.2) is 0 Å². The second-order valence-corrected chi connectivity index (χ2v) is 6.12. The van der Waals surface area contributed by atoms with Gasteiger partial charge in [0.1, 0.15) is 0 Å². The molecule has 1 N–H and O–H groups in total. The molecule has 0 bridgehead atoms. The van der Waals surface area contributed by atoms with Crippen molar-refractivity contribution in [2.24, 2.45) is 11.3 Å². The summed E-state index contributed by atoms with van der Waals surface area (Å²) in [6, 6.07) is 0. The van der Waals surface area contributed by atoms with Gasteiger partial charge in [-0.05, 0) is 38.1 Å². The van der Waals surface area contributed by atoms with E-state index in [4.69, 9.17) is 4.74 Å². The zero-order valence-electron chi connectivity index (χ0n) is 12.1. The third-order valence-electron chi connectivity index (χ3n) is 3.82. The van der Waals surface area contributed by atoms with Crippen LogP contribution in [0.15, 0.2) is 0 Å². The van der Waals surface area contributed by atoms with Gasteiger partial charge in [-0.2, -0.15) is 0 Å². The molecule has 1 aliphatic heterocycles. The van der Waals surface area contributed by atoms with Gasteiger partial charge in [0.2, 0.25) is 0 Å². The van der Waals surface area contributed by atoms with E-state index in [9.17, 15) is 0 Å². The maximum atomic E-state index is 5.73. The molecule has 0 spiro atoms. The van der Waals surface area contributed by atoms with Crippen molar-refractivity contribution >= 4 is 0 Å². The molecule has 0 saturated carbocycles. The van der Waals surface area contributed by atoms with E-state index in [-0.39, 0.29) is 0 Å². The molecule has 1 fully saturated rings. The van der Waals surface area contributed by atoms with Gasteiger partial charge >= 0.3 is 0 Å². The van der Waals surface area contributed by atoms with Crippen molar-refractivity contribution in [2.75, 3.05) is 26.3 Å². The van der Waals surface area contributed by atoms with Crippen LogP contribution >= 0.6 is 0 Å². The Kier molecular flexibility index (Phi) is 7.14. The molecule has 1 heterocycles. The smallest absolute Gasteiger partial charge is 0.0534 e. The summed E-state index contributed by atoms with van der Waals surface area (Å²) in [5, 5.41) is 3.60. The molecule has 102 valence electrons. The van der Waals surface area contributed by atoms with Gasteiger partial charge in [-0.1, -0.05) is 33.6 Å². The summed E-state index contributed by atoms with van der Waals surface area (Å²) in [7, 11) is 0.